The highest BCUT2D eigenvalue weighted by atomic mass is 32.2. The summed E-state index contributed by atoms with van der Waals surface area (Å²) in [7, 11) is -3.63. The van der Waals surface area contributed by atoms with Crippen LogP contribution in [0.4, 0.5) is 0 Å². The van der Waals surface area contributed by atoms with Crippen LogP contribution in [0.1, 0.15) is 11.1 Å². The van der Waals surface area contributed by atoms with E-state index < -0.39 is 10.0 Å². The number of fused-ring (bicyclic) bond motifs is 2. The van der Waals surface area contributed by atoms with Crippen LogP contribution in [0.3, 0.4) is 0 Å². The minimum Gasteiger partial charge on any atom is -0.312 e. The zero-order valence-corrected chi connectivity index (χ0v) is 10.6. The Morgan fingerprint density at radius 3 is 2.61 bits per heavy atom. The van der Waals surface area contributed by atoms with E-state index in [1.165, 1.54) is 11.1 Å². The van der Waals surface area contributed by atoms with Crippen LogP contribution < -0.4 is 10.5 Å². The van der Waals surface area contributed by atoms with Crippen LogP contribution in [0, 0.1) is 0 Å². The van der Waals surface area contributed by atoms with Gasteiger partial charge in [0, 0.05) is 6.54 Å². The molecule has 0 amide bonds. The molecule has 0 radical (unpaired) electrons. The van der Waals surface area contributed by atoms with Crippen LogP contribution in [-0.2, 0) is 23.0 Å². The number of hydrogen-bond acceptors (Lipinski definition) is 3. The van der Waals surface area contributed by atoms with Gasteiger partial charge in [-0.1, -0.05) is 12.1 Å². The second kappa shape index (κ2) is 4.05. The van der Waals surface area contributed by atoms with Crippen molar-refractivity contribution in [1.82, 2.24) is 5.32 Å². The van der Waals surface area contributed by atoms with Crippen molar-refractivity contribution in [3.05, 3.63) is 41.5 Å². The highest BCUT2D eigenvalue weighted by molar-refractivity contribution is 7.89. The van der Waals surface area contributed by atoms with Gasteiger partial charge in [-0.3, -0.25) is 0 Å². The molecule has 5 heteroatoms. The predicted octanol–water partition coefficient (Wildman–Crippen LogP) is 1.13. The van der Waals surface area contributed by atoms with Gasteiger partial charge in [-0.05, 0) is 53.1 Å². The highest BCUT2D eigenvalue weighted by Crippen LogP contribution is 2.24. The van der Waals surface area contributed by atoms with Crippen molar-refractivity contribution in [2.75, 3.05) is 6.54 Å². The average molecular weight is 262 g/mol. The minimum absolute atomic E-state index is 0.170. The molecular formula is C13H14N2O2S. The third kappa shape index (κ3) is 2.01. The van der Waals surface area contributed by atoms with Crippen LogP contribution in [0.25, 0.3) is 10.8 Å². The smallest absolute Gasteiger partial charge is 0.238 e. The number of primary sulfonamides is 1. The second-order valence-electron chi connectivity index (χ2n) is 4.60. The first kappa shape index (κ1) is 11.6. The summed E-state index contributed by atoms with van der Waals surface area (Å²) in [5, 5.41) is 10.5. The topological polar surface area (TPSA) is 72.2 Å². The number of nitrogens with two attached hydrogens (primary N) is 1. The van der Waals surface area contributed by atoms with Gasteiger partial charge in [0.2, 0.25) is 10.0 Å². The highest BCUT2D eigenvalue weighted by Gasteiger charge is 2.12. The number of benzene rings is 2. The van der Waals surface area contributed by atoms with Crippen molar-refractivity contribution >= 4 is 20.8 Å². The first-order valence-corrected chi connectivity index (χ1v) is 7.38. The lowest BCUT2D eigenvalue weighted by atomic mass is 9.96. The monoisotopic (exact) mass is 262 g/mol. The molecule has 2 aromatic carbocycles. The van der Waals surface area contributed by atoms with Crippen molar-refractivity contribution in [3.63, 3.8) is 0 Å². The first-order valence-electron chi connectivity index (χ1n) is 5.83. The van der Waals surface area contributed by atoms with Gasteiger partial charge in [0.05, 0.1) is 4.90 Å². The molecule has 0 aliphatic carbocycles. The van der Waals surface area contributed by atoms with Gasteiger partial charge in [0.15, 0.2) is 0 Å². The zero-order valence-electron chi connectivity index (χ0n) is 9.81. The molecule has 18 heavy (non-hydrogen) atoms. The van der Waals surface area contributed by atoms with Crippen molar-refractivity contribution < 1.29 is 8.42 Å². The molecule has 2 aromatic rings. The minimum atomic E-state index is -3.63. The third-order valence-electron chi connectivity index (χ3n) is 3.35. The molecule has 0 fully saturated rings. The lowest BCUT2D eigenvalue weighted by molar-refractivity contribution is 0.598. The lowest BCUT2D eigenvalue weighted by Gasteiger charge is -2.18. The van der Waals surface area contributed by atoms with Gasteiger partial charge in [-0.25, -0.2) is 13.6 Å². The molecule has 4 nitrogen and oxygen atoms in total. The summed E-state index contributed by atoms with van der Waals surface area (Å²) < 4.78 is 22.7. The van der Waals surface area contributed by atoms with E-state index in [-0.39, 0.29) is 4.90 Å². The lowest BCUT2D eigenvalue weighted by Crippen LogP contribution is -2.23. The Morgan fingerprint density at radius 2 is 1.83 bits per heavy atom. The average Bonchev–Trinajstić information content (AvgIpc) is 2.34. The zero-order chi connectivity index (χ0) is 12.8. The maximum Gasteiger partial charge on any atom is 0.238 e. The molecule has 1 aliphatic heterocycles. The SMILES string of the molecule is NS(=O)(=O)c1ccc2cc3c(cc2c1)CCNC3. The fraction of sp³-hybridized carbons (Fsp3) is 0.231. The number of hydrogen-bond donors (Lipinski definition) is 2. The van der Waals surface area contributed by atoms with Gasteiger partial charge < -0.3 is 5.32 Å². The predicted molar refractivity (Wildman–Crippen MR) is 70.7 cm³/mol. The van der Waals surface area contributed by atoms with Crippen molar-refractivity contribution in [2.24, 2.45) is 5.14 Å². The van der Waals surface area contributed by atoms with E-state index in [1.807, 2.05) is 6.07 Å². The summed E-state index contributed by atoms with van der Waals surface area (Å²) in [5.74, 6) is 0. The molecule has 0 saturated heterocycles. The Hall–Kier alpha value is -1.43. The molecule has 0 bridgehead atoms. The molecule has 0 atom stereocenters. The van der Waals surface area contributed by atoms with E-state index in [2.05, 4.69) is 17.4 Å². The molecule has 94 valence electrons. The van der Waals surface area contributed by atoms with E-state index in [4.69, 9.17) is 5.14 Å². The summed E-state index contributed by atoms with van der Waals surface area (Å²) >= 11 is 0. The van der Waals surface area contributed by atoms with E-state index in [1.54, 1.807) is 12.1 Å². The Kier molecular flexibility index (Phi) is 2.62. The van der Waals surface area contributed by atoms with Gasteiger partial charge in [-0.2, -0.15) is 0 Å². The molecule has 0 saturated carbocycles. The maximum atomic E-state index is 11.3. The Bertz CT molecular complexity index is 723. The van der Waals surface area contributed by atoms with Crippen molar-refractivity contribution in [1.29, 1.82) is 0 Å². The summed E-state index contributed by atoms with van der Waals surface area (Å²) in [6.07, 6.45) is 0.977. The fourth-order valence-corrected chi connectivity index (χ4v) is 2.94. The Morgan fingerprint density at radius 1 is 1.06 bits per heavy atom. The Labute approximate surface area is 106 Å². The van der Waals surface area contributed by atoms with Crippen LogP contribution in [0.5, 0.6) is 0 Å². The van der Waals surface area contributed by atoms with Crippen LogP contribution in [-0.4, -0.2) is 15.0 Å². The van der Waals surface area contributed by atoms with E-state index >= 15 is 0 Å². The molecule has 3 rings (SSSR count). The van der Waals surface area contributed by atoms with Gasteiger partial charge in [-0.15, -0.1) is 0 Å². The number of nitrogens with one attached hydrogen (secondary N) is 1. The summed E-state index contributed by atoms with van der Waals surface area (Å²) in [5.41, 5.74) is 2.57. The fourth-order valence-electron chi connectivity index (χ4n) is 2.39. The standard InChI is InChI=1S/C13H14N2O2S/c14-18(16,17)13-2-1-9-6-12-8-15-4-3-10(12)5-11(9)7-13/h1-2,5-7,15H,3-4,8H2,(H2,14,16,17). The van der Waals surface area contributed by atoms with Gasteiger partial charge >= 0.3 is 0 Å². The quantitative estimate of drug-likeness (QED) is 0.809. The third-order valence-corrected chi connectivity index (χ3v) is 4.26. The summed E-state index contributed by atoms with van der Waals surface area (Å²) in [6.45, 7) is 1.84. The van der Waals surface area contributed by atoms with Crippen LogP contribution in [0.15, 0.2) is 35.2 Å². The van der Waals surface area contributed by atoms with Gasteiger partial charge in [0.1, 0.15) is 0 Å². The molecule has 1 aliphatic rings. The normalized spacial score (nSPS) is 15.6. The molecule has 0 spiro atoms. The van der Waals surface area contributed by atoms with Crippen LogP contribution >= 0.6 is 0 Å². The van der Waals surface area contributed by atoms with Crippen molar-refractivity contribution in [2.45, 2.75) is 17.9 Å². The van der Waals surface area contributed by atoms with E-state index in [0.29, 0.717) is 0 Å². The van der Waals surface area contributed by atoms with Crippen molar-refractivity contribution in [3.8, 4) is 0 Å². The Balaban J connectivity index is 2.22. The number of sulfonamides is 1. The first-order chi connectivity index (χ1) is 8.54. The molecular weight excluding hydrogens is 248 g/mol. The summed E-state index contributed by atoms with van der Waals surface area (Å²) in [4.78, 5) is 0.170. The molecule has 0 aromatic heterocycles. The maximum absolute atomic E-state index is 11.3. The van der Waals surface area contributed by atoms with E-state index in [0.717, 1.165) is 30.3 Å². The van der Waals surface area contributed by atoms with Gasteiger partial charge in [0.25, 0.3) is 0 Å². The molecule has 3 N–H and O–H groups in total. The summed E-state index contributed by atoms with van der Waals surface area (Å²) in [6, 6.07) is 9.20. The molecule has 1 heterocycles. The second-order valence-corrected chi connectivity index (χ2v) is 6.16. The van der Waals surface area contributed by atoms with Crippen LogP contribution in [0.2, 0.25) is 0 Å². The van der Waals surface area contributed by atoms with E-state index in [9.17, 15) is 8.42 Å². The molecule has 0 unspecified atom stereocenters. The number of rotatable bonds is 1. The largest absolute Gasteiger partial charge is 0.312 e.